The average Bonchev–Trinajstić information content (AvgIpc) is 2.85. The summed E-state index contributed by atoms with van der Waals surface area (Å²) >= 11 is 0. The Morgan fingerprint density at radius 3 is 2.94 bits per heavy atom. The molecule has 1 N–H and O–H groups in total. The molecule has 5 heteroatoms. The highest BCUT2D eigenvalue weighted by Gasteiger charge is 2.12. The molecule has 90 valence electrons. The minimum atomic E-state index is 0.117. The molecule has 0 saturated heterocycles. The van der Waals surface area contributed by atoms with Crippen molar-refractivity contribution in [2.75, 3.05) is 13.7 Å². The fraction of sp³-hybridized carbons (Fsp3) is 0.333. The molecular weight excluding hydrogens is 220 g/mol. The summed E-state index contributed by atoms with van der Waals surface area (Å²) in [4.78, 5) is 4.26. The highest BCUT2D eigenvalue weighted by molar-refractivity contribution is 5.63. The van der Waals surface area contributed by atoms with E-state index in [1.54, 1.807) is 7.11 Å². The first-order valence-corrected chi connectivity index (χ1v) is 5.42. The summed E-state index contributed by atoms with van der Waals surface area (Å²) in [5, 5.41) is 12.6. The van der Waals surface area contributed by atoms with E-state index in [0.29, 0.717) is 30.3 Å². The zero-order valence-corrected chi connectivity index (χ0v) is 9.59. The molecule has 17 heavy (non-hydrogen) atoms. The van der Waals surface area contributed by atoms with Gasteiger partial charge in [0.15, 0.2) is 0 Å². The molecule has 2 aromatic rings. The first kappa shape index (κ1) is 11.6. The third-order valence-corrected chi connectivity index (χ3v) is 2.36. The molecule has 0 atom stereocenters. The van der Waals surface area contributed by atoms with Crippen molar-refractivity contribution in [2.24, 2.45) is 0 Å². The van der Waals surface area contributed by atoms with E-state index in [2.05, 4.69) is 10.1 Å². The number of aliphatic hydroxyl groups excluding tert-OH is 1. The Bertz CT molecular complexity index is 482. The standard InChI is InChI=1S/C12H14N2O3/c1-16-10-6-3-2-5-9(10)12-13-11(17-14-12)7-4-8-15/h2-3,5-6,15H,4,7-8H2,1H3. The van der Waals surface area contributed by atoms with Gasteiger partial charge >= 0.3 is 0 Å². The van der Waals surface area contributed by atoms with E-state index in [9.17, 15) is 0 Å². The normalized spacial score (nSPS) is 10.5. The third-order valence-electron chi connectivity index (χ3n) is 2.36. The van der Waals surface area contributed by atoms with Crippen LogP contribution in [0.3, 0.4) is 0 Å². The van der Waals surface area contributed by atoms with Crippen LogP contribution < -0.4 is 4.74 Å². The van der Waals surface area contributed by atoms with Crippen LogP contribution in [0.2, 0.25) is 0 Å². The van der Waals surface area contributed by atoms with Crippen LogP contribution in [-0.2, 0) is 6.42 Å². The highest BCUT2D eigenvalue weighted by atomic mass is 16.5. The van der Waals surface area contributed by atoms with E-state index in [4.69, 9.17) is 14.4 Å². The molecule has 0 spiro atoms. The van der Waals surface area contributed by atoms with Crippen molar-refractivity contribution < 1.29 is 14.4 Å². The van der Waals surface area contributed by atoms with Gasteiger partial charge in [0.1, 0.15) is 5.75 Å². The highest BCUT2D eigenvalue weighted by Crippen LogP contribution is 2.27. The van der Waals surface area contributed by atoms with E-state index >= 15 is 0 Å². The molecule has 0 unspecified atom stereocenters. The number of rotatable bonds is 5. The number of methoxy groups -OCH3 is 1. The van der Waals surface area contributed by atoms with E-state index in [-0.39, 0.29) is 6.61 Å². The number of benzene rings is 1. The van der Waals surface area contributed by atoms with Crippen LogP contribution in [0, 0.1) is 0 Å². The molecule has 0 aliphatic carbocycles. The molecule has 1 aromatic heterocycles. The Hall–Kier alpha value is -1.88. The van der Waals surface area contributed by atoms with Crippen LogP contribution in [-0.4, -0.2) is 29.0 Å². The molecular formula is C12H14N2O3. The molecule has 0 fully saturated rings. The van der Waals surface area contributed by atoms with Crippen molar-refractivity contribution in [3.05, 3.63) is 30.2 Å². The van der Waals surface area contributed by atoms with Gasteiger partial charge < -0.3 is 14.4 Å². The van der Waals surface area contributed by atoms with E-state index < -0.39 is 0 Å². The lowest BCUT2D eigenvalue weighted by Crippen LogP contribution is -1.91. The van der Waals surface area contributed by atoms with Gasteiger partial charge in [0.05, 0.1) is 12.7 Å². The second-order valence-corrected chi connectivity index (χ2v) is 3.54. The maximum Gasteiger partial charge on any atom is 0.227 e. The van der Waals surface area contributed by atoms with Gasteiger partial charge in [-0.25, -0.2) is 0 Å². The van der Waals surface area contributed by atoms with Crippen molar-refractivity contribution in [2.45, 2.75) is 12.8 Å². The summed E-state index contributed by atoms with van der Waals surface area (Å²) in [6.45, 7) is 0.117. The Balaban J connectivity index is 2.24. The predicted octanol–water partition coefficient (Wildman–Crippen LogP) is 1.67. The van der Waals surface area contributed by atoms with Gasteiger partial charge in [-0.15, -0.1) is 0 Å². The van der Waals surface area contributed by atoms with Crippen molar-refractivity contribution >= 4 is 0 Å². The minimum absolute atomic E-state index is 0.117. The Morgan fingerprint density at radius 1 is 1.35 bits per heavy atom. The van der Waals surface area contributed by atoms with Gasteiger partial charge in [-0.3, -0.25) is 0 Å². The van der Waals surface area contributed by atoms with Crippen molar-refractivity contribution in [1.82, 2.24) is 10.1 Å². The molecule has 0 aliphatic rings. The van der Waals surface area contributed by atoms with Crippen LogP contribution in [0.1, 0.15) is 12.3 Å². The molecule has 0 bridgehead atoms. The SMILES string of the molecule is COc1ccccc1-c1noc(CCCO)n1. The fourth-order valence-corrected chi connectivity index (χ4v) is 1.53. The van der Waals surface area contributed by atoms with Crippen LogP contribution in [0.25, 0.3) is 11.4 Å². The van der Waals surface area contributed by atoms with Gasteiger partial charge in [0.25, 0.3) is 0 Å². The quantitative estimate of drug-likeness (QED) is 0.852. The maximum absolute atomic E-state index is 8.72. The summed E-state index contributed by atoms with van der Waals surface area (Å²) in [5.74, 6) is 1.75. The first-order valence-electron chi connectivity index (χ1n) is 5.42. The topological polar surface area (TPSA) is 68.4 Å². The van der Waals surface area contributed by atoms with Gasteiger partial charge in [-0.1, -0.05) is 17.3 Å². The summed E-state index contributed by atoms with van der Waals surface area (Å²) < 4.78 is 10.3. The number of para-hydroxylation sites is 1. The molecule has 0 radical (unpaired) electrons. The summed E-state index contributed by atoms with van der Waals surface area (Å²) in [6.07, 6.45) is 1.20. The molecule has 1 heterocycles. The number of hydrogen-bond acceptors (Lipinski definition) is 5. The molecule has 1 aromatic carbocycles. The maximum atomic E-state index is 8.72. The van der Waals surface area contributed by atoms with E-state index in [0.717, 1.165) is 5.56 Å². The van der Waals surface area contributed by atoms with Crippen molar-refractivity contribution in [1.29, 1.82) is 0 Å². The smallest absolute Gasteiger partial charge is 0.227 e. The molecule has 0 saturated carbocycles. The Morgan fingerprint density at radius 2 is 2.18 bits per heavy atom. The van der Waals surface area contributed by atoms with Crippen LogP contribution in [0.5, 0.6) is 5.75 Å². The Labute approximate surface area is 99.0 Å². The van der Waals surface area contributed by atoms with Gasteiger partial charge in [0, 0.05) is 13.0 Å². The van der Waals surface area contributed by atoms with Crippen LogP contribution in [0.15, 0.2) is 28.8 Å². The average molecular weight is 234 g/mol. The lowest BCUT2D eigenvalue weighted by atomic mass is 10.2. The largest absolute Gasteiger partial charge is 0.496 e. The van der Waals surface area contributed by atoms with Gasteiger partial charge in [-0.05, 0) is 18.6 Å². The third kappa shape index (κ3) is 2.62. The number of ether oxygens (including phenoxy) is 1. The minimum Gasteiger partial charge on any atom is -0.496 e. The summed E-state index contributed by atoms with van der Waals surface area (Å²) in [7, 11) is 1.60. The first-order chi connectivity index (χ1) is 8.35. The molecule has 2 rings (SSSR count). The predicted molar refractivity (Wildman–Crippen MR) is 61.7 cm³/mol. The molecule has 5 nitrogen and oxygen atoms in total. The van der Waals surface area contributed by atoms with Crippen LogP contribution >= 0.6 is 0 Å². The monoisotopic (exact) mass is 234 g/mol. The summed E-state index contributed by atoms with van der Waals surface area (Å²) in [5.41, 5.74) is 0.800. The second kappa shape index (κ2) is 5.45. The number of aliphatic hydroxyl groups is 1. The Kier molecular flexibility index (Phi) is 3.72. The van der Waals surface area contributed by atoms with Crippen molar-refractivity contribution in [3.8, 4) is 17.1 Å². The number of nitrogens with zero attached hydrogens (tertiary/aromatic N) is 2. The number of aryl methyl sites for hydroxylation is 1. The molecule has 0 amide bonds. The summed E-state index contributed by atoms with van der Waals surface area (Å²) in [6, 6.07) is 7.50. The van der Waals surface area contributed by atoms with Crippen molar-refractivity contribution in [3.63, 3.8) is 0 Å². The van der Waals surface area contributed by atoms with Gasteiger partial charge in [0.2, 0.25) is 11.7 Å². The zero-order valence-electron chi connectivity index (χ0n) is 9.59. The van der Waals surface area contributed by atoms with E-state index in [1.165, 1.54) is 0 Å². The van der Waals surface area contributed by atoms with Crippen LogP contribution in [0.4, 0.5) is 0 Å². The zero-order chi connectivity index (χ0) is 12.1. The lowest BCUT2D eigenvalue weighted by Gasteiger charge is -2.02. The number of aromatic nitrogens is 2. The number of hydrogen-bond donors (Lipinski definition) is 1. The fourth-order valence-electron chi connectivity index (χ4n) is 1.53. The van der Waals surface area contributed by atoms with E-state index in [1.807, 2.05) is 24.3 Å². The second-order valence-electron chi connectivity index (χ2n) is 3.54. The molecule has 0 aliphatic heterocycles. The van der Waals surface area contributed by atoms with Gasteiger partial charge in [-0.2, -0.15) is 4.98 Å². The lowest BCUT2D eigenvalue weighted by molar-refractivity contribution is 0.278.